The molecule has 0 radical (unpaired) electrons. The maximum atomic E-state index is 12.6. The van der Waals surface area contributed by atoms with Gasteiger partial charge in [0.1, 0.15) is 5.75 Å². The van der Waals surface area contributed by atoms with Crippen molar-refractivity contribution in [3.8, 4) is 16.9 Å². The van der Waals surface area contributed by atoms with Crippen LogP contribution in [0.3, 0.4) is 0 Å². The van der Waals surface area contributed by atoms with Crippen LogP contribution in [-0.4, -0.2) is 22.6 Å². The molecule has 0 aliphatic heterocycles. The molecule has 1 aliphatic rings. The molecule has 0 atom stereocenters. The van der Waals surface area contributed by atoms with Crippen LogP contribution in [0.5, 0.6) is 5.75 Å². The van der Waals surface area contributed by atoms with Gasteiger partial charge < -0.3 is 14.6 Å². The lowest BCUT2D eigenvalue weighted by Crippen LogP contribution is -2.24. The number of carbonyl (C=O) groups is 1. The van der Waals surface area contributed by atoms with Crippen LogP contribution in [0.2, 0.25) is 0 Å². The summed E-state index contributed by atoms with van der Waals surface area (Å²) >= 11 is 0. The number of nitrogens with zero attached hydrogens (tertiary/aromatic N) is 2. The Morgan fingerprint density at radius 1 is 1.06 bits per heavy atom. The molecule has 5 rings (SSSR count). The van der Waals surface area contributed by atoms with Crippen molar-refractivity contribution in [1.82, 2.24) is 9.55 Å². The van der Waals surface area contributed by atoms with E-state index >= 15 is 0 Å². The highest BCUT2D eigenvalue weighted by Gasteiger charge is 2.21. The number of rotatable bonds is 4. The summed E-state index contributed by atoms with van der Waals surface area (Å²) in [5.74, 6) is 1.12. The maximum absolute atomic E-state index is 12.6. The molecule has 0 bridgehead atoms. The fourth-order valence-electron chi connectivity index (χ4n) is 5.12. The fraction of sp³-hybridized carbons (Fsp3) is 0.333. The number of methoxy groups -OCH3 is 1. The van der Waals surface area contributed by atoms with Gasteiger partial charge in [0.15, 0.2) is 0 Å². The molecule has 0 saturated heterocycles. The molecule has 5 nitrogen and oxygen atoms in total. The summed E-state index contributed by atoms with van der Waals surface area (Å²) in [5, 5.41) is 5.47. The van der Waals surface area contributed by atoms with Crippen molar-refractivity contribution in [3.05, 3.63) is 54.4 Å². The van der Waals surface area contributed by atoms with Crippen LogP contribution in [-0.2, 0) is 11.8 Å². The van der Waals surface area contributed by atoms with E-state index in [1.54, 1.807) is 7.11 Å². The number of ether oxygens (including phenoxy) is 1. The third-order valence-electron chi connectivity index (χ3n) is 6.85. The van der Waals surface area contributed by atoms with Gasteiger partial charge in [-0.3, -0.25) is 9.78 Å². The topological polar surface area (TPSA) is 56.1 Å². The lowest BCUT2D eigenvalue weighted by atomic mass is 9.88. The van der Waals surface area contributed by atoms with Crippen molar-refractivity contribution in [1.29, 1.82) is 0 Å². The van der Waals surface area contributed by atoms with E-state index in [1.165, 1.54) is 17.2 Å². The zero-order valence-corrected chi connectivity index (χ0v) is 18.9. The molecular formula is C27H29N3O2. The van der Waals surface area contributed by atoms with Gasteiger partial charge >= 0.3 is 0 Å². The van der Waals surface area contributed by atoms with Crippen LogP contribution >= 0.6 is 0 Å². The minimum absolute atomic E-state index is 0.148. The van der Waals surface area contributed by atoms with E-state index in [9.17, 15) is 4.79 Å². The number of fused-ring (bicyclic) bond motifs is 3. The standard InChI is InChI=1S/C27H29N3O2/c1-17-26-21(13-14-28-17)23-15-22(25(32-3)16-24(23)30(26)2)18-9-11-20(12-10-18)29-27(31)19-7-5-4-6-8-19/h9-16,19H,4-8H2,1-3H3,(H,29,31). The Morgan fingerprint density at radius 2 is 1.81 bits per heavy atom. The fourth-order valence-corrected chi connectivity index (χ4v) is 5.12. The quantitative estimate of drug-likeness (QED) is 0.420. The van der Waals surface area contributed by atoms with Crippen LogP contribution in [0.25, 0.3) is 32.9 Å². The van der Waals surface area contributed by atoms with Gasteiger partial charge in [0, 0.05) is 47.3 Å². The van der Waals surface area contributed by atoms with Crippen molar-refractivity contribution in [2.45, 2.75) is 39.0 Å². The Morgan fingerprint density at radius 3 is 2.53 bits per heavy atom. The Bertz CT molecular complexity index is 1300. The Balaban J connectivity index is 1.50. The maximum Gasteiger partial charge on any atom is 0.227 e. The number of aryl methyl sites for hydroxylation is 2. The van der Waals surface area contributed by atoms with E-state index in [1.807, 2.05) is 25.3 Å². The first-order valence-electron chi connectivity index (χ1n) is 11.4. The van der Waals surface area contributed by atoms with E-state index in [-0.39, 0.29) is 11.8 Å². The molecule has 1 saturated carbocycles. The molecule has 164 valence electrons. The highest BCUT2D eigenvalue weighted by atomic mass is 16.5. The number of hydrogen-bond acceptors (Lipinski definition) is 3. The predicted octanol–water partition coefficient (Wildman–Crippen LogP) is 6.23. The van der Waals surface area contributed by atoms with Crippen LogP contribution in [0.1, 0.15) is 37.8 Å². The Hall–Kier alpha value is -3.34. The minimum Gasteiger partial charge on any atom is -0.496 e. The molecule has 1 N–H and O–H groups in total. The molecule has 5 heteroatoms. The Labute approximate surface area is 188 Å². The summed E-state index contributed by atoms with van der Waals surface area (Å²) in [4.78, 5) is 17.1. The summed E-state index contributed by atoms with van der Waals surface area (Å²) in [6.45, 7) is 2.04. The van der Waals surface area contributed by atoms with E-state index in [4.69, 9.17) is 4.74 Å². The number of amides is 1. The monoisotopic (exact) mass is 427 g/mol. The normalized spacial score (nSPS) is 14.7. The van der Waals surface area contributed by atoms with Crippen molar-refractivity contribution in [2.75, 3.05) is 12.4 Å². The van der Waals surface area contributed by atoms with Crippen molar-refractivity contribution in [2.24, 2.45) is 13.0 Å². The smallest absolute Gasteiger partial charge is 0.227 e. The van der Waals surface area contributed by atoms with Crippen molar-refractivity contribution >= 4 is 33.4 Å². The lowest BCUT2D eigenvalue weighted by molar-refractivity contribution is -0.120. The van der Waals surface area contributed by atoms with Crippen molar-refractivity contribution < 1.29 is 9.53 Å². The van der Waals surface area contributed by atoms with Crippen LogP contribution < -0.4 is 10.1 Å². The first kappa shape index (κ1) is 20.6. The zero-order valence-electron chi connectivity index (χ0n) is 18.9. The number of aromatic nitrogens is 2. The predicted molar refractivity (Wildman–Crippen MR) is 130 cm³/mol. The van der Waals surface area contributed by atoms with Gasteiger partial charge in [-0.1, -0.05) is 31.4 Å². The molecule has 1 fully saturated rings. The average Bonchev–Trinajstić information content (AvgIpc) is 3.11. The largest absolute Gasteiger partial charge is 0.496 e. The molecule has 0 spiro atoms. The number of benzene rings is 2. The van der Waals surface area contributed by atoms with Gasteiger partial charge in [-0.05, 0) is 49.6 Å². The highest BCUT2D eigenvalue weighted by molar-refractivity contribution is 6.10. The highest BCUT2D eigenvalue weighted by Crippen LogP contribution is 2.39. The van der Waals surface area contributed by atoms with Crippen LogP contribution in [0.15, 0.2) is 48.7 Å². The van der Waals surface area contributed by atoms with Crippen molar-refractivity contribution in [3.63, 3.8) is 0 Å². The third kappa shape index (κ3) is 3.52. The van der Waals surface area contributed by atoms with Crippen LogP contribution in [0, 0.1) is 12.8 Å². The molecule has 32 heavy (non-hydrogen) atoms. The number of pyridine rings is 1. The molecule has 0 unspecified atom stereocenters. The van der Waals surface area contributed by atoms with E-state index in [0.29, 0.717) is 0 Å². The summed E-state index contributed by atoms with van der Waals surface area (Å²) < 4.78 is 7.95. The van der Waals surface area contributed by atoms with E-state index in [2.05, 4.69) is 52.2 Å². The van der Waals surface area contributed by atoms with Crippen LogP contribution in [0.4, 0.5) is 5.69 Å². The number of anilines is 1. The second kappa shape index (κ2) is 8.30. The van der Waals surface area contributed by atoms with E-state index in [0.717, 1.165) is 65.0 Å². The van der Waals surface area contributed by atoms with Gasteiger partial charge in [-0.25, -0.2) is 0 Å². The molecule has 4 aromatic rings. The minimum atomic E-state index is 0.148. The number of carbonyl (C=O) groups excluding carboxylic acids is 1. The summed E-state index contributed by atoms with van der Waals surface area (Å²) in [6.07, 6.45) is 7.43. The average molecular weight is 428 g/mol. The third-order valence-corrected chi connectivity index (χ3v) is 6.85. The van der Waals surface area contributed by atoms with Gasteiger partial charge in [-0.2, -0.15) is 0 Å². The summed E-state index contributed by atoms with van der Waals surface area (Å²) in [7, 11) is 3.78. The second-order valence-corrected chi connectivity index (χ2v) is 8.82. The SMILES string of the molecule is COc1cc2c(cc1-c1ccc(NC(=O)C3CCCCC3)cc1)c1ccnc(C)c1n2C. The number of hydrogen-bond donors (Lipinski definition) is 1. The summed E-state index contributed by atoms with van der Waals surface area (Å²) in [6, 6.07) is 14.4. The van der Waals surface area contributed by atoms with Gasteiger partial charge in [-0.15, -0.1) is 0 Å². The Kier molecular flexibility index (Phi) is 5.33. The molecule has 1 amide bonds. The lowest BCUT2D eigenvalue weighted by Gasteiger charge is -2.20. The molecule has 2 heterocycles. The second-order valence-electron chi connectivity index (χ2n) is 8.82. The van der Waals surface area contributed by atoms with E-state index < -0.39 is 0 Å². The van der Waals surface area contributed by atoms with Gasteiger partial charge in [0.25, 0.3) is 0 Å². The molecule has 1 aliphatic carbocycles. The zero-order chi connectivity index (χ0) is 22.2. The molecule has 2 aromatic heterocycles. The molecule has 2 aromatic carbocycles. The first-order valence-corrected chi connectivity index (χ1v) is 11.4. The van der Waals surface area contributed by atoms with Gasteiger partial charge in [0.05, 0.1) is 23.8 Å². The van der Waals surface area contributed by atoms with Gasteiger partial charge in [0.2, 0.25) is 5.91 Å². The first-order chi connectivity index (χ1) is 15.6. The summed E-state index contributed by atoms with van der Waals surface area (Å²) in [5.41, 5.74) is 6.21. The number of nitrogens with one attached hydrogen (secondary N) is 1. The molecular weight excluding hydrogens is 398 g/mol.